The fourth-order valence-corrected chi connectivity index (χ4v) is 1.47. The number of hydrogen-bond donors (Lipinski definition) is 0. The van der Waals surface area contributed by atoms with Crippen LogP contribution in [0.5, 0.6) is 0 Å². The largest absolute Gasteiger partial charge is 0.315 e. The molecule has 0 radical (unpaired) electrons. The molecule has 0 N–H and O–H groups in total. The van der Waals surface area contributed by atoms with Crippen LogP contribution in [-0.2, 0) is 15.6 Å². The standard InChI is InChI=1S/C9H11O2P/c10-12(11)8-4-7-9-5-2-1-3-6-9/h1-3,5-6H,4,7-8H2. The van der Waals surface area contributed by atoms with Crippen LogP contribution in [-0.4, -0.2) is 6.16 Å². The van der Waals surface area contributed by atoms with E-state index in [-0.39, 0.29) is 0 Å². The Labute approximate surface area is 72.4 Å². The van der Waals surface area contributed by atoms with Crippen LogP contribution in [0, 0.1) is 0 Å². The summed E-state index contributed by atoms with van der Waals surface area (Å²) < 4.78 is 20.5. The highest BCUT2D eigenvalue weighted by Gasteiger charge is 1.94. The van der Waals surface area contributed by atoms with Crippen LogP contribution in [0.1, 0.15) is 12.0 Å². The SMILES string of the molecule is O=P(=O)CCCc1ccccc1. The Morgan fingerprint density at radius 1 is 1.08 bits per heavy atom. The monoisotopic (exact) mass is 182 g/mol. The van der Waals surface area contributed by atoms with Gasteiger partial charge in [0.1, 0.15) is 0 Å². The second-order valence-corrected chi connectivity index (χ2v) is 3.76. The Hall–Kier alpha value is -0.880. The summed E-state index contributed by atoms with van der Waals surface area (Å²) in [5.74, 6) is 0. The smallest absolute Gasteiger partial charge is 0.237 e. The van der Waals surface area contributed by atoms with Crippen LogP contribution >= 0.6 is 7.68 Å². The van der Waals surface area contributed by atoms with Gasteiger partial charge >= 0.3 is 7.68 Å². The van der Waals surface area contributed by atoms with Gasteiger partial charge in [0.05, 0.1) is 6.16 Å². The van der Waals surface area contributed by atoms with Crippen molar-refractivity contribution < 1.29 is 9.13 Å². The van der Waals surface area contributed by atoms with Crippen LogP contribution in [0.4, 0.5) is 0 Å². The highest BCUT2D eigenvalue weighted by molar-refractivity contribution is 7.30. The van der Waals surface area contributed by atoms with Gasteiger partial charge in [-0.2, -0.15) is 0 Å². The second kappa shape index (κ2) is 4.89. The third kappa shape index (κ3) is 3.49. The van der Waals surface area contributed by atoms with Crippen molar-refractivity contribution in [2.75, 3.05) is 6.16 Å². The van der Waals surface area contributed by atoms with Gasteiger partial charge in [-0.05, 0) is 18.4 Å². The highest BCUT2D eigenvalue weighted by Crippen LogP contribution is 2.09. The third-order valence-electron chi connectivity index (χ3n) is 1.65. The van der Waals surface area contributed by atoms with Crippen LogP contribution in [0.15, 0.2) is 30.3 Å². The molecule has 0 amide bonds. The Balaban J connectivity index is 2.34. The molecule has 2 nitrogen and oxygen atoms in total. The molecule has 1 rings (SSSR count). The molecule has 0 bridgehead atoms. The van der Waals surface area contributed by atoms with Gasteiger partial charge in [-0.3, -0.25) is 0 Å². The van der Waals surface area contributed by atoms with Gasteiger partial charge in [-0.15, -0.1) is 0 Å². The second-order valence-electron chi connectivity index (χ2n) is 2.65. The van der Waals surface area contributed by atoms with E-state index in [9.17, 15) is 9.13 Å². The molecule has 0 saturated heterocycles. The van der Waals surface area contributed by atoms with Crippen LogP contribution in [0.3, 0.4) is 0 Å². The molecule has 0 aliphatic carbocycles. The van der Waals surface area contributed by atoms with E-state index in [0.29, 0.717) is 6.16 Å². The highest BCUT2D eigenvalue weighted by atomic mass is 31.1. The molecule has 64 valence electrons. The number of benzene rings is 1. The Bertz CT molecular complexity index is 283. The summed E-state index contributed by atoms with van der Waals surface area (Å²) in [5, 5.41) is 0. The molecule has 0 heterocycles. The van der Waals surface area contributed by atoms with E-state index >= 15 is 0 Å². The molecule has 1 aromatic carbocycles. The summed E-state index contributed by atoms with van der Waals surface area (Å²) in [6, 6.07) is 9.91. The van der Waals surface area contributed by atoms with Crippen molar-refractivity contribution in [2.24, 2.45) is 0 Å². The van der Waals surface area contributed by atoms with Crippen molar-refractivity contribution in [3.8, 4) is 0 Å². The molecule has 0 saturated carbocycles. The molecule has 0 aromatic heterocycles. The number of rotatable bonds is 4. The summed E-state index contributed by atoms with van der Waals surface area (Å²) in [6.07, 6.45) is 1.87. The summed E-state index contributed by atoms with van der Waals surface area (Å²) in [5.41, 5.74) is 1.20. The van der Waals surface area contributed by atoms with E-state index in [1.807, 2.05) is 30.3 Å². The van der Waals surface area contributed by atoms with E-state index in [0.717, 1.165) is 12.8 Å². The van der Waals surface area contributed by atoms with Gasteiger partial charge in [0, 0.05) is 0 Å². The maximum atomic E-state index is 10.2. The first kappa shape index (κ1) is 9.21. The minimum absolute atomic E-state index is 0.296. The molecule has 0 fully saturated rings. The van der Waals surface area contributed by atoms with Gasteiger partial charge in [0.2, 0.25) is 0 Å². The van der Waals surface area contributed by atoms with Crippen LogP contribution in [0.2, 0.25) is 0 Å². The predicted octanol–water partition coefficient (Wildman–Crippen LogP) is 2.79. The minimum atomic E-state index is -2.20. The van der Waals surface area contributed by atoms with Crippen LogP contribution < -0.4 is 0 Å². The van der Waals surface area contributed by atoms with E-state index in [2.05, 4.69) is 0 Å². The van der Waals surface area contributed by atoms with Crippen molar-refractivity contribution in [3.05, 3.63) is 35.9 Å². The van der Waals surface area contributed by atoms with Crippen LogP contribution in [0.25, 0.3) is 0 Å². The first-order valence-electron chi connectivity index (χ1n) is 3.95. The van der Waals surface area contributed by atoms with E-state index < -0.39 is 7.68 Å². The normalized spacial score (nSPS) is 9.67. The fourth-order valence-electron chi connectivity index (χ4n) is 1.06. The lowest BCUT2D eigenvalue weighted by molar-refractivity contribution is 0.514. The Morgan fingerprint density at radius 2 is 1.75 bits per heavy atom. The van der Waals surface area contributed by atoms with E-state index in [1.165, 1.54) is 5.56 Å². The predicted molar refractivity (Wildman–Crippen MR) is 47.9 cm³/mol. The molecule has 3 heteroatoms. The molecule has 12 heavy (non-hydrogen) atoms. The summed E-state index contributed by atoms with van der Waals surface area (Å²) in [7, 11) is -2.20. The lowest BCUT2D eigenvalue weighted by atomic mass is 10.1. The number of hydrogen-bond acceptors (Lipinski definition) is 2. The average Bonchev–Trinajstić information content (AvgIpc) is 2.05. The van der Waals surface area contributed by atoms with Gasteiger partial charge in [0.15, 0.2) is 0 Å². The van der Waals surface area contributed by atoms with E-state index in [1.54, 1.807) is 0 Å². The van der Waals surface area contributed by atoms with Crippen molar-refractivity contribution >= 4 is 7.68 Å². The maximum Gasteiger partial charge on any atom is 0.315 e. The van der Waals surface area contributed by atoms with Crippen molar-refractivity contribution in [3.63, 3.8) is 0 Å². The number of aryl methyl sites for hydroxylation is 1. The zero-order valence-electron chi connectivity index (χ0n) is 6.77. The molecule has 1 aromatic rings. The zero-order valence-corrected chi connectivity index (χ0v) is 7.67. The lowest BCUT2D eigenvalue weighted by Crippen LogP contribution is -1.84. The quantitative estimate of drug-likeness (QED) is 0.671. The van der Waals surface area contributed by atoms with Crippen molar-refractivity contribution in [1.29, 1.82) is 0 Å². The summed E-state index contributed by atoms with van der Waals surface area (Å²) >= 11 is 0. The van der Waals surface area contributed by atoms with Gasteiger partial charge < -0.3 is 0 Å². The molecule has 0 spiro atoms. The molecular weight excluding hydrogens is 171 g/mol. The summed E-state index contributed by atoms with van der Waals surface area (Å²) in [4.78, 5) is 0. The van der Waals surface area contributed by atoms with Gasteiger partial charge in [-0.25, -0.2) is 9.13 Å². The molecule has 0 aliphatic rings. The zero-order chi connectivity index (χ0) is 8.81. The molecular formula is C9H11O2P. The first-order chi connectivity index (χ1) is 5.79. The molecule has 0 unspecified atom stereocenters. The van der Waals surface area contributed by atoms with Crippen molar-refractivity contribution in [1.82, 2.24) is 0 Å². The average molecular weight is 182 g/mol. The third-order valence-corrected chi connectivity index (χ3v) is 2.33. The Kier molecular flexibility index (Phi) is 3.75. The fraction of sp³-hybridized carbons (Fsp3) is 0.333. The van der Waals surface area contributed by atoms with Gasteiger partial charge in [0.25, 0.3) is 0 Å². The van der Waals surface area contributed by atoms with E-state index in [4.69, 9.17) is 0 Å². The van der Waals surface area contributed by atoms with Gasteiger partial charge in [-0.1, -0.05) is 30.3 Å². The minimum Gasteiger partial charge on any atom is -0.237 e. The lowest BCUT2D eigenvalue weighted by Gasteiger charge is -1.95. The topological polar surface area (TPSA) is 34.1 Å². The maximum absolute atomic E-state index is 10.2. The van der Waals surface area contributed by atoms with Crippen molar-refractivity contribution in [2.45, 2.75) is 12.8 Å². The Morgan fingerprint density at radius 3 is 2.33 bits per heavy atom. The molecule has 0 atom stereocenters. The summed E-state index contributed by atoms with van der Waals surface area (Å²) in [6.45, 7) is 0. The molecule has 0 aliphatic heterocycles. The first-order valence-corrected chi connectivity index (χ1v) is 5.31.